The van der Waals surface area contributed by atoms with E-state index in [-0.39, 0.29) is 12.1 Å². The van der Waals surface area contributed by atoms with Crippen molar-refractivity contribution in [1.82, 2.24) is 9.97 Å². The van der Waals surface area contributed by atoms with Crippen LogP contribution in [0.4, 0.5) is 0 Å². The number of nitrogens with one attached hydrogen (secondary N) is 1. The third-order valence-corrected chi connectivity index (χ3v) is 4.79. The highest BCUT2D eigenvalue weighted by atomic mass is 16.5. The molecule has 4 rings (SSSR count). The Morgan fingerprint density at radius 2 is 2.11 bits per heavy atom. The Labute approximate surface area is 162 Å². The van der Waals surface area contributed by atoms with Gasteiger partial charge in [0.2, 0.25) is 0 Å². The molecule has 0 spiro atoms. The highest BCUT2D eigenvalue weighted by Gasteiger charge is 2.18. The quantitative estimate of drug-likeness (QED) is 0.656. The molecule has 7 nitrogen and oxygen atoms in total. The summed E-state index contributed by atoms with van der Waals surface area (Å²) in [6, 6.07) is 10.9. The third kappa shape index (κ3) is 3.66. The fraction of sp³-hybridized carbons (Fsp3) is 0.333. The van der Waals surface area contributed by atoms with E-state index in [9.17, 15) is 4.79 Å². The van der Waals surface area contributed by atoms with Crippen molar-refractivity contribution in [2.24, 2.45) is 0 Å². The number of imidazole rings is 1. The standard InChI is InChI=1S/C21H22N2O5/c1-25-19-11-13(6-8-18(19)28-12-15-4-3-9-27-15)20-22-16-7-5-14(21(24)26-2)10-17(16)23-20/h5-8,10-11,15H,3-4,9,12H2,1-2H3,(H,22,23). The number of nitrogens with zero attached hydrogens (tertiary/aromatic N) is 1. The van der Waals surface area contributed by atoms with Gasteiger partial charge < -0.3 is 23.9 Å². The monoisotopic (exact) mass is 382 g/mol. The number of rotatable bonds is 6. The number of aromatic nitrogens is 2. The molecule has 1 saturated heterocycles. The van der Waals surface area contributed by atoms with Crippen molar-refractivity contribution in [3.05, 3.63) is 42.0 Å². The van der Waals surface area contributed by atoms with Gasteiger partial charge in [0.15, 0.2) is 11.5 Å². The summed E-state index contributed by atoms with van der Waals surface area (Å²) in [7, 11) is 2.97. The van der Waals surface area contributed by atoms with Gasteiger partial charge in [-0.25, -0.2) is 9.78 Å². The predicted molar refractivity (Wildman–Crippen MR) is 104 cm³/mol. The average Bonchev–Trinajstić information content (AvgIpc) is 3.40. The van der Waals surface area contributed by atoms with Crippen molar-refractivity contribution in [2.75, 3.05) is 27.4 Å². The SMILES string of the molecule is COC(=O)c1ccc2nc(-c3ccc(OCC4CCCO4)c(OC)c3)[nH]c2c1. The van der Waals surface area contributed by atoms with Crippen LogP contribution < -0.4 is 9.47 Å². The van der Waals surface area contributed by atoms with Crippen molar-refractivity contribution < 1.29 is 23.7 Å². The summed E-state index contributed by atoms with van der Waals surface area (Å²) in [5.41, 5.74) is 2.86. The zero-order valence-corrected chi connectivity index (χ0v) is 15.9. The number of hydrogen-bond acceptors (Lipinski definition) is 6. The van der Waals surface area contributed by atoms with Crippen LogP contribution in [0.15, 0.2) is 36.4 Å². The first-order valence-electron chi connectivity index (χ1n) is 9.19. The van der Waals surface area contributed by atoms with E-state index in [1.165, 1.54) is 7.11 Å². The van der Waals surface area contributed by atoms with Crippen molar-refractivity contribution >= 4 is 17.0 Å². The minimum atomic E-state index is -0.382. The normalized spacial score (nSPS) is 16.3. The molecule has 2 aromatic carbocycles. The van der Waals surface area contributed by atoms with Gasteiger partial charge >= 0.3 is 5.97 Å². The Bertz CT molecular complexity index is 992. The first-order chi connectivity index (χ1) is 13.7. The Morgan fingerprint density at radius 1 is 1.21 bits per heavy atom. The lowest BCUT2D eigenvalue weighted by atomic mass is 10.2. The topological polar surface area (TPSA) is 82.7 Å². The second-order valence-electron chi connectivity index (χ2n) is 6.62. The van der Waals surface area contributed by atoms with Gasteiger partial charge in [0.1, 0.15) is 12.4 Å². The number of hydrogen-bond donors (Lipinski definition) is 1. The summed E-state index contributed by atoms with van der Waals surface area (Å²) in [5.74, 6) is 1.60. The number of aromatic amines is 1. The minimum absolute atomic E-state index is 0.142. The van der Waals surface area contributed by atoms with Crippen molar-refractivity contribution in [3.8, 4) is 22.9 Å². The lowest BCUT2D eigenvalue weighted by molar-refractivity contribution is 0.0601. The zero-order valence-electron chi connectivity index (χ0n) is 15.9. The van der Waals surface area contributed by atoms with E-state index in [4.69, 9.17) is 18.9 Å². The molecule has 3 aromatic rings. The van der Waals surface area contributed by atoms with Crippen LogP contribution >= 0.6 is 0 Å². The zero-order chi connectivity index (χ0) is 19.5. The number of H-pyrrole nitrogens is 1. The van der Waals surface area contributed by atoms with Crippen LogP contribution in [-0.2, 0) is 9.47 Å². The van der Waals surface area contributed by atoms with E-state index in [1.54, 1.807) is 25.3 Å². The summed E-state index contributed by atoms with van der Waals surface area (Å²) >= 11 is 0. The molecule has 146 valence electrons. The number of benzene rings is 2. The fourth-order valence-corrected chi connectivity index (χ4v) is 3.28. The number of esters is 1. The fourth-order valence-electron chi connectivity index (χ4n) is 3.28. The molecular formula is C21H22N2O5. The minimum Gasteiger partial charge on any atom is -0.493 e. The molecule has 1 aromatic heterocycles. The number of carbonyl (C=O) groups excluding carboxylic acids is 1. The molecule has 1 aliphatic rings. The van der Waals surface area contributed by atoms with Crippen LogP contribution in [0.1, 0.15) is 23.2 Å². The Kier molecular flexibility index (Phi) is 5.16. The molecule has 1 aliphatic heterocycles. The van der Waals surface area contributed by atoms with Gasteiger partial charge in [0.25, 0.3) is 0 Å². The molecule has 7 heteroatoms. The summed E-state index contributed by atoms with van der Waals surface area (Å²) in [5, 5.41) is 0. The molecule has 28 heavy (non-hydrogen) atoms. The average molecular weight is 382 g/mol. The molecule has 0 radical (unpaired) electrons. The second kappa shape index (κ2) is 7.90. The first kappa shape index (κ1) is 18.3. The van der Waals surface area contributed by atoms with Crippen LogP contribution in [0.2, 0.25) is 0 Å². The first-order valence-corrected chi connectivity index (χ1v) is 9.19. The smallest absolute Gasteiger partial charge is 0.337 e. The van der Waals surface area contributed by atoms with Gasteiger partial charge in [0, 0.05) is 12.2 Å². The van der Waals surface area contributed by atoms with E-state index in [0.717, 1.165) is 36.0 Å². The number of fused-ring (bicyclic) bond motifs is 1. The van der Waals surface area contributed by atoms with Gasteiger partial charge in [-0.3, -0.25) is 0 Å². The molecule has 0 bridgehead atoms. The number of methoxy groups -OCH3 is 2. The number of ether oxygens (including phenoxy) is 4. The highest BCUT2D eigenvalue weighted by molar-refractivity contribution is 5.94. The van der Waals surface area contributed by atoms with Gasteiger partial charge in [-0.2, -0.15) is 0 Å². The Balaban J connectivity index is 1.58. The third-order valence-electron chi connectivity index (χ3n) is 4.79. The maximum Gasteiger partial charge on any atom is 0.337 e. The maximum absolute atomic E-state index is 11.7. The van der Waals surface area contributed by atoms with Crippen LogP contribution in [0, 0.1) is 0 Å². The summed E-state index contributed by atoms with van der Waals surface area (Å²) < 4.78 is 21.7. The van der Waals surface area contributed by atoms with Crippen molar-refractivity contribution in [1.29, 1.82) is 0 Å². The van der Waals surface area contributed by atoms with Crippen molar-refractivity contribution in [3.63, 3.8) is 0 Å². The predicted octanol–water partition coefficient (Wildman–Crippen LogP) is 3.58. The lowest BCUT2D eigenvalue weighted by Gasteiger charge is -2.14. The van der Waals surface area contributed by atoms with Crippen LogP contribution in [0.5, 0.6) is 11.5 Å². The molecule has 2 heterocycles. The molecule has 0 saturated carbocycles. The largest absolute Gasteiger partial charge is 0.493 e. The van der Waals surface area contributed by atoms with E-state index in [0.29, 0.717) is 29.5 Å². The van der Waals surface area contributed by atoms with Gasteiger partial charge in [0.05, 0.1) is 36.9 Å². The summed E-state index contributed by atoms with van der Waals surface area (Å²) in [4.78, 5) is 19.6. The van der Waals surface area contributed by atoms with E-state index >= 15 is 0 Å². The molecule has 0 aliphatic carbocycles. The van der Waals surface area contributed by atoms with E-state index in [1.807, 2.05) is 18.2 Å². The highest BCUT2D eigenvalue weighted by Crippen LogP contribution is 2.33. The molecule has 1 fully saturated rings. The lowest BCUT2D eigenvalue weighted by Crippen LogP contribution is -2.16. The van der Waals surface area contributed by atoms with Crippen molar-refractivity contribution in [2.45, 2.75) is 18.9 Å². The van der Waals surface area contributed by atoms with Gasteiger partial charge in [-0.05, 0) is 49.2 Å². The van der Waals surface area contributed by atoms with Crippen LogP contribution in [0.25, 0.3) is 22.4 Å². The number of carbonyl (C=O) groups is 1. The van der Waals surface area contributed by atoms with Gasteiger partial charge in [-0.15, -0.1) is 0 Å². The molecule has 1 atom stereocenters. The van der Waals surface area contributed by atoms with Crippen LogP contribution in [0.3, 0.4) is 0 Å². The molecular weight excluding hydrogens is 360 g/mol. The van der Waals surface area contributed by atoms with E-state index in [2.05, 4.69) is 9.97 Å². The molecule has 0 amide bonds. The van der Waals surface area contributed by atoms with Crippen LogP contribution in [-0.4, -0.2) is 49.5 Å². The van der Waals surface area contributed by atoms with E-state index < -0.39 is 0 Å². The van der Waals surface area contributed by atoms with Gasteiger partial charge in [-0.1, -0.05) is 0 Å². The molecule has 1 unspecified atom stereocenters. The summed E-state index contributed by atoms with van der Waals surface area (Å²) in [6.07, 6.45) is 2.24. The second-order valence-corrected chi connectivity index (χ2v) is 6.62. The maximum atomic E-state index is 11.7. The molecule has 1 N–H and O–H groups in total. The summed E-state index contributed by atoms with van der Waals surface area (Å²) in [6.45, 7) is 1.31. The Morgan fingerprint density at radius 3 is 2.86 bits per heavy atom. The Hall–Kier alpha value is -3.06.